The number of hydrogen-bond acceptors (Lipinski definition) is 4. The molecule has 0 spiro atoms. The Balaban J connectivity index is 2.11. The lowest BCUT2D eigenvalue weighted by Crippen LogP contribution is -2.41. The van der Waals surface area contributed by atoms with Crippen LogP contribution in [0.25, 0.3) is 0 Å². The molecule has 0 unspecified atom stereocenters. The standard InChI is InChI=1S/C9H21N3O3S/c1-15-9-6-10-4-5-11-16(13,14)12-7-2-3-8-12/h10-11H,2-9H2,1H3. The van der Waals surface area contributed by atoms with E-state index in [1.807, 2.05) is 0 Å². The first-order valence-electron chi connectivity index (χ1n) is 5.61. The van der Waals surface area contributed by atoms with Crippen LogP contribution in [0.1, 0.15) is 12.8 Å². The molecule has 6 nitrogen and oxygen atoms in total. The second-order valence-corrected chi connectivity index (χ2v) is 5.50. The molecule has 2 N–H and O–H groups in total. The van der Waals surface area contributed by atoms with E-state index in [9.17, 15) is 8.42 Å². The Morgan fingerprint density at radius 2 is 1.88 bits per heavy atom. The van der Waals surface area contributed by atoms with Crippen molar-refractivity contribution in [2.45, 2.75) is 12.8 Å². The molecule has 0 saturated carbocycles. The molecule has 1 rings (SSSR count). The highest BCUT2D eigenvalue weighted by molar-refractivity contribution is 7.87. The minimum Gasteiger partial charge on any atom is -0.383 e. The highest BCUT2D eigenvalue weighted by Crippen LogP contribution is 2.10. The van der Waals surface area contributed by atoms with Crippen LogP contribution in [0.3, 0.4) is 0 Å². The molecule has 1 heterocycles. The van der Waals surface area contributed by atoms with E-state index in [2.05, 4.69) is 10.0 Å². The zero-order valence-electron chi connectivity index (χ0n) is 9.74. The topological polar surface area (TPSA) is 70.7 Å². The minimum absolute atomic E-state index is 0.419. The van der Waals surface area contributed by atoms with Gasteiger partial charge in [-0.05, 0) is 12.8 Å². The van der Waals surface area contributed by atoms with E-state index in [0.717, 1.165) is 19.4 Å². The smallest absolute Gasteiger partial charge is 0.279 e. The van der Waals surface area contributed by atoms with Gasteiger partial charge in [-0.1, -0.05) is 0 Å². The number of rotatable bonds is 8. The number of nitrogens with one attached hydrogen (secondary N) is 2. The molecule has 0 aromatic heterocycles. The van der Waals surface area contributed by atoms with E-state index in [0.29, 0.717) is 32.8 Å². The molecule has 0 radical (unpaired) electrons. The minimum atomic E-state index is -3.24. The largest absolute Gasteiger partial charge is 0.383 e. The lowest BCUT2D eigenvalue weighted by molar-refractivity contribution is 0.199. The van der Waals surface area contributed by atoms with Crippen molar-refractivity contribution in [1.29, 1.82) is 0 Å². The van der Waals surface area contributed by atoms with Gasteiger partial charge < -0.3 is 10.1 Å². The van der Waals surface area contributed by atoms with Crippen molar-refractivity contribution >= 4 is 10.2 Å². The number of nitrogens with zero attached hydrogens (tertiary/aromatic N) is 1. The van der Waals surface area contributed by atoms with Crippen molar-refractivity contribution < 1.29 is 13.2 Å². The summed E-state index contributed by atoms with van der Waals surface area (Å²) < 4.78 is 32.3. The summed E-state index contributed by atoms with van der Waals surface area (Å²) in [5, 5.41) is 3.08. The Hall–Kier alpha value is -0.210. The van der Waals surface area contributed by atoms with Gasteiger partial charge in [0, 0.05) is 39.8 Å². The van der Waals surface area contributed by atoms with E-state index in [4.69, 9.17) is 4.74 Å². The van der Waals surface area contributed by atoms with Gasteiger partial charge in [0.05, 0.1) is 6.61 Å². The van der Waals surface area contributed by atoms with Gasteiger partial charge in [-0.2, -0.15) is 12.7 Å². The fraction of sp³-hybridized carbons (Fsp3) is 1.00. The molecular formula is C9H21N3O3S. The third kappa shape index (κ3) is 4.75. The van der Waals surface area contributed by atoms with Crippen molar-refractivity contribution in [3.8, 4) is 0 Å². The van der Waals surface area contributed by atoms with E-state index < -0.39 is 10.2 Å². The van der Waals surface area contributed by atoms with Gasteiger partial charge in [-0.3, -0.25) is 0 Å². The van der Waals surface area contributed by atoms with Crippen molar-refractivity contribution in [1.82, 2.24) is 14.3 Å². The predicted molar refractivity (Wildman–Crippen MR) is 62.5 cm³/mol. The normalized spacial score (nSPS) is 18.1. The number of ether oxygens (including phenoxy) is 1. The van der Waals surface area contributed by atoms with Crippen LogP contribution < -0.4 is 10.0 Å². The summed E-state index contributed by atoms with van der Waals surface area (Å²) in [6.07, 6.45) is 1.93. The second-order valence-electron chi connectivity index (χ2n) is 3.75. The Labute approximate surface area is 97.5 Å². The average Bonchev–Trinajstić information content (AvgIpc) is 2.77. The van der Waals surface area contributed by atoms with Crippen molar-refractivity contribution in [3.63, 3.8) is 0 Å². The van der Waals surface area contributed by atoms with E-state index in [1.165, 1.54) is 4.31 Å². The second kappa shape index (κ2) is 7.18. The summed E-state index contributed by atoms with van der Waals surface area (Å²) in [6.45, 7) is 3.71. The molecule has 0 aromatic carbocycles. The van der Waals surface area contributed by atoms with Crippen LogP contribution in [0.4, 0.5) is 0 Å². The molecule has 1 aliphatic rings. The zero-order chi connectivity index (χ0) is 11.9. The summed E-state index contributed by atoms with van der Waals surface area (Å²) in [5.74, 6) is 0. The first kappa shape index (κ1) is 13.9. The molecule has 0 bridgehead atoms. The molecule has 7 heteroatoms. The summed E-state index contributed by atoms with van der Waals surface area (Å²) >= 11 is 0. The maximum absolute atomic E-state index is 11.7. The Morgan fingerprint density at radius 1 is 1.19 bits per heavy atom. The van der Waals surface area contributed by atoms with Crippen LogP contribution in [-0.2, 0) is 14.9 Å². The van der Waals surface area contributed by atoms with E-state index in [1.54, 1.807) is 7.11 Å². The Kier molecular flexibility index (Phi) is 6.22. The summed E-state index contributed by atoms with van der Waals surface area (Å²) in [5.41, 5.74) is 0. The van der Waals surface area contributed by atoms with E-state index >= 15 is 0 Å². The molecule has 0 aromatic rings. The van der Waals surface area contributed by atoms with Crippen LogP contribution in [0.15, 0.2) is 0 Å². The van der Waals surface area contributed by atoms with Gasteiger partial charge >= 0.3 is 0 Å². The average molecular weight is 251 g/mol. The fourth-order valence-electron chi connectivity index (χ4n) is 1.59. The quantitative estimate of drug-likeness (QED) is 0.552. The SMILES string of the molecule is COCCNCCNS(=O)(=O)N1CCCC1. The van der Waals surface area contributed by atoms with Crippen LogP contribution >= 0.6 is 0 Å². The van der Waals surface area contributed by atoms with Gasteiger partial charge in [-0.15, -0.1) is 0 Å². The van der Waals surface area contributed by atoms with Gasteiger partial charge in [0.1, 0.15) is 0 Å². The third-order valence-electron chi connectivity index (χ3n) is 2.47. The van der Waals surface area contributed by atoms with Gasteiger partial charge in [0.25, 0.3) is 10.2 Å². The molecule has 0 atom stereocenters. The monoisotopic (exact) mass is 251 g/mol. The molecule has 96 valence electrons. The molecular weight excluding hydrogens is 230 g/mol. The summed E-state index contributed by atoms with van der Waals surface area (Å²) in [4.78, 5) is 0. The number of hydrogen-bond donors (Lipinski definition) is 2. The van der Waals surface area contributed by atoms with Gasteiger partial charge in [0.15, 0.2) is 0 Å². The zero-order valence-corrected chi connectivity index (χ0v) is 10.6. The summed E-state index contributed by atoms with van der Waals surface area (Å²) in [7, 11) is -1.60. The summed E-state index contributed by atoms with van der Waals surface area (Å²) in [6, 6.07) is 0. The molecule has 1 saturated heterocycles. The molecule has 1 aliphatic heterocycles. The van der Waals surface area contributed by atoms with Crippen LogP contribution in [0, 0.1) is 0 Å². The van der Waals surface area contributed by atoms with Gasteiger partial charge in [-0.25, -0.2) is 4.72 Å². The predicted octanol–water partition coefficient (Wildman–Crippen LogP) is -0.847. The Bertz CT molecular complexity index is 276. The highest BCUT2D eigenvalue weighted by atomic mass is 32.2. The lowest BCUT2D eigenvalue weighted by Gasteiger charge is -2.16. The number of methoxy groups -OCH3 is 1. The van der Waals surface area contributed by atoms with Crippen LogP contribution in [-0.4, -0.2) is 59.2 Å². The first-order chi connectivity index (χ1) is 7.67. The van der Waals surface area contributed by atoms with Crippen molar-refractivity contribution in [2.24, 2.45) is 0 Å². The van der Waals surface area contributed by atoms with Crippen molar-refractivity contribution in [2.75, 3.05) is 46.4 Å². The lowest BCUT2D eigenvalue weighted by atomic mass is 10.4. The molecule has 16 heavy (non-hydrogen) atoms. The van der Waals surface area contributed by atoms with Crippen LogP contribution in [0.2, 0.25) is 0 Å². The molecule has 1 fully saturated rings. The van der Waals surface area contributed by atoms with E-state index in [-0.39, 0.29) is 0 Å². The van der Waals surface area contributed by atoms with Crippen LogP contribution in [0.5, 0.6) is 0 Å². The Morgan fingerprint density at radius 3 is 2.50 bits per heavy atom. The molecule has 0 aliphatic carbocycles. The third-order valence-corrected chi connectivity index (χ3v) is 4.09. The maximum atomic E-state index is 11.7. The van der Waals surface area contributed by atoms with Crippen molar-refractivity contribution in [3.05, 3.63) is 0 Å². The first-order valence-corrected chi connectivity index (χ1v) is 7.05. The highest BCUT2D eigenvalue weighted by Gasteiger charge is 2.24. The fourth-order valence-corrected chi connectivity index (χ4v) is 2.87. The van der Waals surface area contributed by atoms with Gasteiger partial charge in [0.2, 0.25) is 0 Å². The molecule has 0 amide bonds. The maximum Gasteiger partial charge on any atom is 0.279 e.